The minimum Gasteiger partial charge on any atom is -0.393 e. The van der Waals surface area contributed by atoms with Crippen molar-refractivity contribution >= 4 is 0 Å². The minimum absolute atomic E-state index is 0.105. The van der Waals surface area contributed by atoms with Gasteiger partial charge in [-0.2, -0.15) is 0 Å². The van der Waals surface area contributed by atoms with Gasteiger partial charge in [0.05, 0.1) is 6.10 Å². The molecule has 1 fully saturated rings. The fourth-order valence-corrected chi connectivity index (χ4v) is 2.29. The SMILES string of the molecule is C=C/C=C/CC(C)C(O)C1CCCC1. The van der Waals surface area contributed by atoms with E-state index in [1.807, 2.05) is 6.08 Å². The molecule has 0 aromatic carbocycles. The maximum Gasteiger partial charge on any atom is 0.0596 e. The molecule has 0 bridgehead atoms. The topological polar surface area (TPSA) is 20.2 Å². The highest BCUT2D eigenvalue weighted by atomic mass is 16.3. The molecule has 1 aliphatic carbocycles. The third kappa shape index (κ3) is 3.30. The van der Waals surface area contributed by atoms with E-state index in [1.54, 1.807) is 6.08 Å². The summed E-state index contributed by atoms with van der Waals surface area (Å²) in [5.74, 6) is 0.941. The van der Waals surface area contributed by atoms with Gasteiger partial charge < -0.3 is 5.11 Å². The summed E-state index contributed by atoms with van der Waals surface area (Å²) in [7, 11) is 0. The molecule has 2 unspecified atom stereocenters. The van der Waals surface area contributed by atoms with Crippen LogP contribution in [0.4, 0.5) is 0 Å². The van der Waals surface area contributed by atoms with Crippen LogP contribution in [0.1, 0.15) is 39.0 Å². The van der Waals surface area contributed by atoms with Crippen molar-refractivity contribution in [3.63, 3.8) is 0 Å². The van der Waals surface area contributed by atoms with Gasteiger partial charge in [0.25, 0.3) is 0 Å². The van der Waals surface area contributed by atoms with Crippen LogP contribution in [0.2, 0.25) is 0 Å². The van der Waals surface area contributed by atoms with E-state index < -0.39 is 0 Å². The van der Waals surface area contributed by atoms with Gasteiger partial charge in [0.2, 0.25) is 0 Å². The third-order valence-electron chi connectivity index (χ3n) is 3.25. The van der Waals surface area contributed by atoms with Gasteiger partial charge in [-0.1, -0.05) is 44.6 Å². The second-order valence-electron chi connectivity index (χ2n) is 4.41. The second kappa shape index (κ2) is 6.02. The van der Waals surface area contributed by atoms with Crippen LogP contribution in [-0.2, 0) is 0 Å². The van der Waals surface area contributed by atoms with Crippen LogP contribution < -0.4 is 0 Å². The number of hydrogen-bond acceptors (Lipinski definition) is 1. The molecule has 0 radical (unpaired) electrons. The van der Waals surface area contributed by atoms with Crippen molar-refractivity contribution in [3.05, 3.63) is 24.8 Å². The molecule has 0 heterocycles. The number of rotatable bonds is 5. The molecular weight excluding hydrogens is 172 g/mol. The molecule has 14 heavy (non-hydrogen) atoms. The highest BCUT2D eigenvalue weighted by Crippen LogP contribution is 2.31. The summed E-state index contributed by atoms with van der Waals surface area (Å²) in [5.41, 5.74) is 0. The summed E-state index contributed by atoms with van der Waals surface area (Å²) in [6.07, 6.45) is 11.7. The zero-order valence-corrected chi connectivity index (χ0v) is 9.15. The summed E-state index contributed by atoms with van der Waals surface area (Å²) in [5, 5.41) is 10.1. The van der Waals surface area contributed by atoms with Crippen LogP contribution >= 0.6 is 0 Å². The first-order valence-corrected chi connectivity index (χ1v) is 5.71. The van der Waals surface area contributed by atoms with Gasteiger partial charge in [-0.15, -0.1) is 0 Å². The Morgan fingerprint density at radius 2 is 2.07 bits per heavy atom. The minimum atomic E-state index is -0.105. The average molecular weight is 194 g/mol. The molecule has 0 aromatic rings. The average Bonchev–Trinajstić information content (AvgIpc) is 2.69. The van der Waals surface area contributed by atoms with Crippen LogP contribution in [-0.4, -0.2) is 11.2 Å². The summed E-state index contributed by atoms with van der Waals surface area (Å²) in [6.45, 7) is 5.77. The largest absolute Gasteiger partial charge is 0.393 e. The predicted octanol–water partition coefficient (Wildman–Crippen LogP) is 3.31. The summed E-state index contributed by atoms with van der Waals surface area (Å²) >= 11 is 0. The van der Waals surface area contributed by atoms with E-state index in [0.29, 0.717) is 11.8 Å². The van der Waals surface area contributed by atoms with E-state index in [-0.39, 0.29) is 6.10 Å². The Hall–Kier alpha value is -0.560. The Kier molecular flexibility index (Phi) is 4.95. The maximum atomic E-state index is 10.1. The lowest BCUT2D eigenvalue weighted by molar-refractivity contribution is 0.0611. The maximum absolute atomic E-state index is 10.1. The molecular formula is C13H22O. The first-order chi connectivity index (χ1) is 6.75. The van der Waals surface area contributed by atoms with Crippen molar-refractivity contribution in [2.75, 3.05) is 0 Å². The molecule has 0 aliphatic heterocycles. The standard InChI is InChI=1S/C13H22O/c1-3-4-5-8-11(2)13(14)12-9-6-7-10-12/h3-5,11-14H,1,6-10H2,2H3/b5-4+. The molecule has 0 saturated heterocycles. The Labute approximate surface area is 87.5 Å². The molecule has 0 aromatic heterocycles. The molecule has 0 amide bonds. The zero-order valence-electron chi connectivity index (χ0n) is 9.15. The highest BCUT2D eigenvalue weighted by molar-refractivity contribution is 4.98. The number of allylic oxidation sites excluding steroid dienone is 3. The van der Waals surface area contributed by atoms with E-state index in [9.17, 15) is 5.11 Å². The first-order valence-electron chi connectivity index (χ1n) is 5.71. The van der Waals surface area contributed by atoms with Gasteiger partial charge in [0.15, 0.2) is 0 Å². The van der Waals surface area contributed by atoms with E-state index in [0.717, 1.165) is 6.42 Å². The monoisotopic (exact) mass is 194 g/mol. The smallest absolute Gasteiger partial charge is 0.0596 e. The molecule has 0 spiro atoms. The van der Waals surface area contributed by atoms with E-state index in [1.165, 1.54) is 25.7 Å². The fraction of sp³-hybridized carbons (Fsp3) is 0.692. The van der Waals surface area contributed by atoms with Crippen molar-refractivity contribution in [1.82, 2.24) is 0 Å². The number of hydrogen-bond donors (Lipinski definition) is 1. The van der Waals surface area contributed by atoms with Gasteiger partial charge in [0, 0.05) is 0 Å². The fourth-order valence-electron chi connectivity index (χ4n) is 2.29. The van der Waals surface area contributed by atoms with E-state index >= 15 is 0 Å². The first kappa shape index (κ1) is 11.5. The van der Waals surface area contributed by atoms with Gasteiger partial charge in [-0.05, 0) is 31.1 Å². The van der Waals surface area contributed by atoms with Crippen LogP contribution in [0.15, 0.2) is 24.8 Å². The van der Waals surface area contributed by atoms with Gasteiger partial charge in [-0.25, -0.2) is 0 Å². The summed E-state index contributed by atoms with van der Waals surface area (Å²) in [4.78, 5) is 0. The lowest BCUT2D eigenvalue weighted by Gasteiger charge is -2.23. The molecule has 1 rings (SSSR count). The number of aliphatic hydroxyl groups is 1. The highest BCUT2D eigenvalue weighted by Gasteiger charge is 2.26. The lowest BCUT2D eigenvalue weighted by atomic mass is 9.89. The summed E-state index contributed by atoms with van der Waals surface area (Å²) in [6, 6.07) is 0. The van der Waals surface area contributed by atoms with Crippen molar-refractivity contribution in [1.29, 1.82) is 0 Å². The van der Waals surface area contributed by atoms with Gasteiger partial charge in [0.1, 0.15) is 0 Å². The molecule has 1 aliphatic rings. The quantitative estimate of drug-likeness (QED) is 0.666. The Bertz CT molecular complexity index is 189. The van der Waals surface area contributed by atoms with E-state index in [2.05, 4.69) is 19.6 Å². The molecule has 1 saturated carbocycles. The normalized spacial score (nSPS) is 22.7. The Morgan fingerprint density at radius 3 is 2.64 bits per heavy atom. The zero-order chi connectivity index (χ0) is 10.4. The lowest BCUT2D eigenvalue weighted by Crippen LogP contribution is -2.25. The Balaban J connectivity index is 2.30. The third-order valence-corrected chi connectivity index (χ3v) is 3.25. The van der Waals surface area contributed by atoms with Crippen LogP contribution in [0.3, 0.4) is 0 Å². The van der Waals surface area contributed by atoms with Crippen molar-refractivity contribution in [3.8, 4) is 0 Å². The van der Waals surface area contributed by atoms with Crippen LogP contribution in [0.5, 0.6) is 0 Å². The summed E-state index contributed by atoms with van der Waals surface area (Å²) < 4.78 is 0. The predicted molar refractivity (Wildman–Crippen MR) is 61.1 cm³/mol. The van der Waals surface area contributed by atoms with Crippen LogP contribution in [0.25, 0.3) is 0 Å². The van der Waals surface area contributed by atoms with Crippen LogP contribution in [0, 0.1) is 11.8 Å². The molecule has 1 nitrogen and oxygen atoms in total. The number of aliphatic hydroxyl groups excluding tert-OH is 1. The molecule has 1 heteroatoms. The van der Waals surface area contributed by atoms with E-state index in [4.69, 9.17) is 0 Å². The Morgan fingerprint density at radius 1 is 1.43 bits per heavy atom. The van der Waals surface area contributed by atoms with Crippen molar-refractivity contribution < 1.29 is 5.11 Å². The van der Waals surface area contributed by atoms with Crippen molar-refractivity contribution in [2.45, 2.75) is 45.1 Å². The molecule has 80 valence electrons. The molecule has 1 N–H and O–H groups in total. The van der Waals surface area contributed by atoms with Gasteiger partial charge >= 0.3 is 0 Å². The molecule has 2 atom stereocenters. The second-order valence-corrected chi connectivity index (χ2v) is 4.41. The van der Waals surface area contributed by atoms with Crippen molar-refractivity contribution in [2.24, 2.45) is 11.8 Å². The van der Waals surface area contributed by atoms with Gasteiger partial charge in [-0.3, -0.25) is 0 Å².